The third-order valence-corrected chi connectivity index (χ3v) is 4.80. The molecule has 6 nitrogen and oxygen atoms in total. The lowest BCUT2D eigenvalue weighted by Gasteiger charge is -2.24. The number of nitrogens with zero attached hydrogens (tertiary/aromatic N) is 1. The molecule has 2 amide bonds. The van der Waals surface area contributed by atoms with E-state index in [-0.39, 0.29) is 5.91 Å². The zero-order valence-corrected chi connectivity index (χ0v) is 14.7. The van der Waals surface area contributed by atoms with E-state index in [1.165, 1.54) is 0 Å². The lowest BCUT2D eigenvalue weighted by atomic mass is 10.2. The fourth-order valence-corrected chi connectivity index (χ4v) is 3.41. The molecule has 1 aliphatic heterocycles. The van der Waals surface area contributed by atoms with Gasteiger partial charge in [-0.2, -0.15) is 11.8 Å². The average molecular weight is 352 g/mol. The van der Waals surface area contributed by atoms with Crippen LogP contribution in [0.15, 0.2) is 24.3 Å². The highest BCUT2D eigenvalue weighted by molar-refractivity contribution is 7.99. The molecular weight excluding hydrogens is 328 g/mol. The molecular formula is C17H24N2O4S. The minimum Gasteiger partial charge on any atom is -0.494 e. The zero-order valence-electron chi connectivity index (χ0n) is 13.9. The fraction of sp³-hybridized carbons (Fsp3) is 0.529. The Labute approximate surface area is 146 Å². The highest BCUT2D eigenvalue weighted by Gasteiger charge is 2.28. The van der Waals surface area contributed by atoms with Crippen molar-refractivity contribution in [2.24, 2.45) is 0 Å². The Hall–Kier alpha value is -1.89. The van der Waals surface area contributed by atoms with Crippen molar-refractivity contribution in [3.63, 3.8) is 0 Å². The minimum atomic E-state index is -1.16. The molecule has 132 valence electrons. The van der Waals surface area contributed by atoms with Crippen molar-refractivity contribution >= 4 is 23.8 Å². The molecule has 0 saturated carbocycles. The average Bonchev–Trinajstić information content (AvgIpc) is 2.72. The fourth-order valence-electron chi connectivity index (χ4n) is 2.43. The number of amides is 2. The molecule has 1 atom stereocenters. The van der Waals surface area contributed by atoms with E-state index in [1.807, 2.05) is 24.3 Å². The number of nitrogens with one attached hydrogen (secondary N) is 1. The summed E-state index contributed by atoms with van der Waals surface area (Å²) in [6.45, 7) is 3.93. The summed E-state index contributed by atoms with van der Waals surface area (Å²) in [4.78, 5) is 25.0. The summed E-state index contributed by atoms with van der Waals surface area (Å²) in [6, 6.07) is 7.05. The second-order valence-corrected chi connectivity index (χ2v) is 6.83. The Bertz CT molecular complexity index is 550. The van der Waals surface area contributed by atoms with Gasteiger partial charge in [0.2, 0.25) is 5.91 Å². The van der Waals surface area contributed by atoms with E-state index in [9.17, 15) is 9.59 Å². The summed E-state index contributed by atoms with van der Waals surface area (Å²) in [6.07, 6.45) is 0.961. The number of rotatable bonds is 7. The van der Waals surface area contributed by atoms with Gasteiger partial charge in [-0.3, -0.25) is 4.79 Å². The van der Waals surface area contributed by atoms with Gasteiger partial charge in [0.15, 0.2) is 0 Å². The van der Waals surface area contributed by atoms with Crippen molar-refractivity contribution in [3.8, 4) is 5.75 Å². The van der Waals surface area contributed by atoms with Crippen LogP contribution >= 0.6 is 11.8 Å². The van der Waals surface area contributed by atoms with Gasteiger partial charge in [-0.05, 0) is 24.1 Å². The molecule has 0 spiro atoms. The van der Waals surface area contributed by atoms with Gasteiger partial charge in [0.1, 0.15) is 11.8 Å². The molecule has 0 bridgehead atoms. The van der Waals surface area contributed by atoms with E-state index in [1.54, 1.807) is 16.7 Å². The second-order valence-electron chi connectivity index (χ2n) is 5.68. The third kappa shape index (κ3) is 5.63. The maximum Gasteiger partial charge on any atom is 0.405 e. The highest BCUT2D eigenvalue weighted by atomic mass is 32.2. The Morgan fingerprint density at radius 1 is 1.42 bits per heavy atom. The topological polar surface area (TPSA) is 78.9 Å². The number of carboxylic acid groups (broad SMARTS) is 1. The molecule has 1 heterocycles. The van der Waals surface area contributed by atoms with Gasteiger partial charge in [0.25, 0.3) is 0 Å². The minimum absolute atomic E-state index is 0.161. The molecule has 2 rings (SSSR count). The van der Waals surface area contributed by atoms with E-state index < -0.39 is 12.1 Å². The molecule has 24 heavy (non-hydrogen) atoms. The number of thioether (sulfide) groups is 1. The van der Waals surface area contributed by atoms with Crippen LogP contribution in [0.25, 0.3) is 0 Å². The summed E-state index contributed by atoms with van der Waals surface area (Å²) < 4.78 is 5.63. The van der Waals surface area contributed by atoms with Crippen molar-refractivity contribution in [3.05, 3.63) is 29.8 Å². The second kappa shape index (κ2) is 9.42. The summed E-state index contributed by atoms with van der Waals surface area (Å²) >= 11 is 1.59. The van der Waals surface area contributed by atoms with E-state index >= 15 is 0 Å². The van der Waals surface area contributed by atoms with Crippen LogP contribution in [0.1, 0.15) is 25.3 Å². The van der Waals surface area contributed by atoms with Gasteiger partial charge in [-0.15, -0.1) is 0 Å². The van der Waals surface area contributed by atoms with Crippen molar-refractivity contribution < 1.29 is 19.4 Å². The highest BCUT2D eigenvalue weighted by Crippen LogP contribution is 2.18. The van der Waals surface area contributed by atoms with Crippen LogP contribution < -0.4 is 10.1 Å². The third-order valence-electron chi connectivity index (χ3n) is 3.76. The molecule has 1 aliphatic rings. The first-order valence-electron chi connectivity index (χ1n) is 8.18. The number of carbonyl (C=O) groups excluding carboxylic acids is 1. The predicted molar refractivity (Wildman–Crippen MR) is 94.5 cm³/mol. The number of benzene rings is 1. The number of hydrogen-bond donors (Lipinski definition) is 2. The summed E-state index contributed by atoms with van der Waals surface area (Å²) in [5, 5.41) is 11.2. The first kappa shape index (κ1) is 18.4. The summed E-state index contributed by atoms with van der Waals surface area (Å²) in [5.74, 6) is 1.95. The number of unbranched alkanes of at least 4 members (excludes halogenated alkanes) is 1. The Morgan fingerprint density at radius 2 is 2.17 bits per heavy atom. The van der Waals surface area contributed by atoms with Crippen molar-refractivity contribution in [1.82, 2.24) is 10.2 Å². The maximum absolute atomic E-state index is 12.5. The van der Waals surface area contributed by atoms with Crippen molar-refractivity contribution in [2.75, 3.05) is 24.7 Å². The van der Waals surface area contributed by atoms with Crippen LogP contribution in [0.2, 0.25) is 0 Å². The van der Waals surface area contributed by atoms with E-state index in [4.69, 9.17) is 9.84 Å². The summed E-state index contributed by atoms with van der Waals surface area (Å²) in [5.41, 5.74) is 1.01. The van der Waals surface area contributed by atoms with Gasteiger partial charge >= 0.3 is 6.09 Å². The number of ether oxygens (including phenoxy) is 1. The standard InChI is InChI=1S/C17H24N2O4S/c1-2-3-9-23-14-6-4-13(5-7-14)11-19-8-10-24-12-15(16(19)20)18-17(21)22/h4-7,15,18H,2-3,8-12H2,1H3,(H,21,22). The molecule has 1 aromatic rings. The molecule has 0 radical (unpaired) electrons. The Morgan fingerprint density at radius 3 is 2.83 bits per heavy atom. The largest absolute Gasteiger partial charge is 0.494 e. The van der Waals surface area contributed by atoms with Gasteiger partial charge < -0.3 is 20.1 Å². The normalized spacial score (nSPS) is 18.1. The van der Waals surface area contributed by atoms with Crippen LogP contribution in [0.5, 0.6) is 5.75 Å². The first-order valence-corrected chi connectivity index (χ1v) is 9.33. The van der Waals surface area contributed by atoms with Gasteiger partial charge in [-0.25, -0.2) is 4.79 Å². The van der Waals surface area contributed by atoms with E-state index in [0.29, 0.717) is 25.4 Å². The van der Waals surface area contributed by atoms with Crippen LogP contribution in [0.3, 0.4) is 0 Å². The lowest BCUT2D eigenvalue weighted by Crippen LogP contribution is -2.48. The Kier molecular flexibility index (Phi) is 7.24. The van der Waals surface area contributed by atoms with Crippen LogP contribution in [-0.4, -0.2) is 52.7 Å². The zero-order chi connectivity index (χ0) is 17.4. The SMILES string of the molecule is CCCCOc1ccc(CN2CCSCC(NC(=O)O)C2=O)cc1. The molecule has 1 saturated heterocycles. The molecule has 2 N–H and O–H groups in total. The number of carbonyl (C=O) groups is 2. The quantitative estimate of drug-likeness (QED) is 0.738. The monoisotopic (exact) mass is 352 g/mol. The van der Waals surface area contributed by atoms with E-state index in [2.05, 4.69) is 12.2 Å². The summed E-state index contributed by atoms with van der Waals surface area (Å²) in [7, 11) is 0. The first-order chi connectivity index (χ1) is 11.6. The molecule has 1 unspecified atom stereocenters. The van der Waals surface area contributed by atoms with E-state index in [0.717, 1.165) is 29.9 Å². The molecule has 7 heteroatoms. The lowest BCUT2D eigenvalue weighted by molar-refractivity contribution is -0.132. The molecule has 0 aliphatic carbocycles. The molecule has 0 aromatic heterocycles. The predicted octanol–water partition coefficient (Wildman–Crippen LogP) is 2.58. The molecule has 1 fully saturated rings. The number of hydrogen-bond acceptors (Lipinski definition) is 4. The van der Waals surface area contributed by atoms with Gasteiger partial charge in [0, 0.05) is 24.6 Å². The Balaban J connectivity index is 1.95. The van der Waals surface area contributed by atoms with Crippen LogP contribution in [0.4, 0.5) is 4.79 Å². The van der Waals surface area contributed by atoms with Crippen molar-refractivity contribution in [1.29, 1.82) is 0 Å². The van der Waals surface area contributed by atoms with Crippen LogP contribution in [-0.2, 0) is 11.3 Å². The smallest absolute Gasteiger partial charge is 0.405 e. The van der Waals surface area contributed by atoms with Gasteiger partial charge in [-0.1, -0.05) is 25.5 Å². The maximum atomic E-state index is 12.5. The van der Waals surface area contributed by atoms with Crippen LogP contribution in [0, 0.1) is 0 Å². The van der Waals surface area contributed by atoms with Gasteiger partial charge in [0.05, 0.1) is 6.61 Å². The molecule has 1 aromatic carbocycles. The van der Waals surface area contributed by atoms with Crippen molar-refractivity contribution in [2.45, 2.75) is 32.4 Å².